The van der Waals surface area contributed by atoms with E-state index < -0.39 is 46.4 Å². The number of nitrogens with one attached hydrogen (secondary N) is 1. The van der Waals surface area contributed by atoms with Crippen LogP contribution in [-0.4, -0.2) is 66.8 Å². The van der Waals surface area contributed by atoms with E-state index in [1.807, 2.05) is 13.8 Å². The first kappa shape index (κ1) is 20.7. The van der Waals surface area contributed by atoms with Crippen molar-refractivity contribution in [1.29, 1.82) is 0 Å². The molecule has 3 fully saturated rings. The van der Waals surface area contributed by atoms with Crippen molar-refractivity contribution in [3.63, 3.8) is 0 Å². The lowest BCUT2D eigenvalue weighted by Gasteiger charge is -2.70. The van der Waals surface area contributed by atoms with Gasteiger partial charge in [0.2, 0.25) is 0 Å². The van der Waals surface area contributed by atoms with E-state index in [0.717, 1.165) is 0 Å². The quantitative estimate of drug-likeness (QED) is 0.523. The van der Waals surface area contributed by atoms with E-state index in [-0.39, 0.29) is 5.41 Å². The Morgan fingerprint density at radius 1 is 1.41 bits per heavy atom. The van der Waals surface area contributed by atoms with Crippen LogP contribution in [0, 0.1) is 5.41 Å². The van der Waals surface area contributed by atoms with Crippen LogP contribution in [-0.2, 0) is 20.7 Å². The monoisotopic (exact) mass is 402 g/mol. The zero-order valence-corrected chi connectivity index (χ0v) is 17.4. The van der Waals surface area contributed by atoms with E-state index in [0.29, 0.717) is 25.1 Å². The SMILES string of the molecule is COC(O)[C@@H]1N(C(=O)OC(C)(C)C)C(C23CC(NS(=O)[O-])(C2)C3)=NC1(C)C. The van der Waals surface area contributed by atoms with Gasteiger partial charge in [0.1, 0.15) is 17.5 Å². The molecule has 9 nitrogen and oxygen atoms in total. The van der Waals surface area contributed by atoms with Gasteiger partial charge in [0.05, 0.1) is 5.54 Å². The molecule has 0 aromatic rings. The number of aliphatic hydroxyl groups excluding tert-OH is 1. The molecule has 3 aliphatic carbocycles. The minimum atomic E-state index is -2.33. The highest BCUT2D eigenvalue weighted by Gasteiger charge is 2.73. The minimum absolute atomic E-state index is 0.386. The first-order valence-electron chi connectivity index (χ1n) is 8.95. The van der Waals surface area contributed by atoms with Gasteiger partial charge in [-0.05, 0) is 53.9 Å². The van der Waals surface area contributed by atoms with E-state index in [1.165, 1.54) is 12.0 Å². The van der Waals surface area contributed by atoms with Crippen LogP contribution in [0.3, 0.4) is 0 Å². The summed E-state index contributed by atoms with van der Waals surface area (Å²) in [6.45, 7) is 8.98. The largest absolute Gasteiger partial charge is 0.760 e. The molecule has 10 heteroatoms. The molecule has 0 saturated heterocycles. The number of hydrogen-bond acceptors (Lipinski definition) is 7. The van der Waals surface area contributed by atoms with Crippen LogP contribution in [0.1, 0.15) is 53.9 Å². The van der Waals surface area contributed by atoms with E-state index in [1.54, 1.807) is 20.8 Å². The number of ether oxygens (including phenoxy) is 2. The van der Waals surface area contributed by atoms with Crippen molar-refractivity contribution in [3.8, 4) is 0 Å². The third kappa shape index (κ3) is 3.42. The van der Waals surface area contributed by atoms with E-state index >= 15 is 0 Å². The summed E-state index contributed by atoms with van der Waals surface area (Å²) in [7, 11) is 1.37. The smallest absolute Gasteiger partial charge is 0.416 e. The van der Waals surface area contributed by atoms with Crippen LogP contribution >= 0.6 is 0 Å². The van der Waals surface area contributed by atoms with Gasteiger partial charge in [-0.2, -0.15) is 0 Å². The van der Waals surface area contributed by atoms with Gasteiger partial charge in [-0.1, -0.05) is 0 Å². The summed E-state index contributed by atoms with van der Waals surface area (Å²) in [5.74, 6) is 0.545. The molecule has 3 saturated carbocycles. The standard InChI is InChI=1S/C17H29N3O6S/c1-14(2,3)26-13(22)20-10(11(21)25-6)15(4,5)18-12(20)16-7-17(8-16,9-16)19-27(23)24/h10-11,19,21H,7-9H2,1-6H3,(H,23,24)/p-1/t10-,11?,16?,17?/m0/s1. The Morgan fingerprint density at radius 2 is 1.96 bits per heavy atom. The van der Waals surface area contributed by atoms with Gasteiger partial charge < -0.3 is 19.1 Å². The molecule has 2 N–H and O–H groups in total. The van der Waals surface area contributed by atoms with Gasteiger partial charge in [-0.25, -0.2) is 9.52 Å². The maximum absolute atomic E-state index is 13.0. The molecular formula is C17H28N3O6S-. The van der Waals surface area contributed by atoms with E-state index in [2.05, 4.69) is 4.72 Å². The highest BCUT2D eigenvalue weighted by Crippen LogP contribution is 2.69. The zero-order valence-electron chi connectivity index (χ0n) is 16.6. The lowest BCUT2D eigenvalue weighted by Crippen LogP contribution is -2.78. The van der Waals surface area contributed by atoms with Crippen LogP contribution < -0.4 is 4.72 Å². The Kier molecular flexibility index (Phi) is 4.75. The van der Waals surface area contributed by atoms with Gasteiger partial charge in [0.25, 0.3) is 0 Å². The molecule has 27 heavy (non-hydrogen) atoms. The molecule has 0 spiro atoms. The summed E-state index contributed by atoms with van der Waals surface area (Å²) in [5.41, 5.74) is -2.32. The van der Waals surface area contributed by atoms with Crippen molar-refractivity contribution in [2.45, 2.75) is 82.9 Å². The molecule has 1 heterocycles. The molecule has 0 aromatic carbocycles. The Hall–Kier alpha value is -1.07. The number of nitrogens with zero attached hydrogens (tertiary/aromatic N) is 2. The van der Waals surface area contributed by atoms with Gasteiger partial charge in [0, 0.05) is 29.3 Å². The predicted molar refractivity (Wildman–Crippen MR) is 97.5 cm³/mol. The lowest BCUT2D eigenvalue weighted by atomic mass is 9.39. The Morgan fingerprint density at radius 3 is 2.41 bits per heavy atom. The second-order valence-electron chi connectivity index (χ2n) is 9.44. The van der Waals surface area contributed by atoms with Crippen LogP contribution in [0.4, 0.5) is 4.79 Å². The van der Waals surface area contributed by atoms with Crippen molar-refractivity contribution < 1.29 is 28.1 Å². The fourth-order valence-corrected chi connectivity index (χ4v) is 5.21. The molecule has 1 aliphatic heterocycles. The Bertz CT molecular complexity index is 681. The average molecular weight is 402 g/mol. The number of methoxy groups -OCH3 is 1. The molecule has 0 aromatic heterocycles. The van der Waals surface area contributed by atoms with Gasteiger partial charge >= 0.3 is 6.09 Å². The Balaban J connectivity index is 1.90. The number of rotatable bonds is 5. The maximum Gasteiger partial charge on any atom is 0.416 e. The molecule has 4 aliphatic rings. The minimum Gasteiger partial charge on any atom is -0.760 e. The normalized spacial score (nSPS) is 36.4. The fourth-order valence-electron chi connectivity index (χ4n) is 4.64. The summed E-state index contributed by atoms with van der Waals surface area (Å²) in [5, 5.41) is 10.4. The van der Waals surface area contributed by atoms with Crippen LogP contribution in [0.2, 0.25) is 0 Å². The van der Waals surface area contributed by atoms with Crippen molar-refractivity contribution in [2.24, 2.45) is 10.4 Å². The summed E-state index contributed by atoms with van der Waals surface area (Å²) in [6.07, 6.45) is -0.122. The third-order valence-electron chi connectivity index (χ3n) is 5.53. The zero-order chi connectivity index (χ0) is 20.4. The summed E-state index contributed by atoms with van der Waals surface area (Å²) < 4.78 is 35.2. The molecule has 3 atom stereocenters. The van der Waals surface area contributed by atoms with E-state index in [4.69, 9.17) is 14.5 Å². The third-order valence-corrected chi connectivity index (χ3v) is 6.13. The van der Waals surface area contributed by atoms with Gasteiger partial charge in [-0.15, -0.1) is 0 Å². The topological polar surface area (TPSA) is 124 Å². The number of aliphatic hydroxyl groups is 1. The number of carbonyl (C=O) groups is 1. The average Bonchev–Trinajstić information content (AvgIpc) is 2.69. The van der Waals surface area contributed by atoms with E-state index in [9.17, 15) is 18.7 Å². The fraction of sp³-hybridized carbons (Fsp3) is 0.882. The van der Waals surface area contributed by atoms with Crippen LogP contribution in [0.5, 0.6) is 0 Å². The first-order chi connectivity index (χ1) is 12.2. The maximum atomic E-state index is 13.0. The van der Waals surface area contributed by atoms with Crippen molar-refractivity contribution in [3.05, 3.63) is 0 Å². The molecular weight excluding hydrogens is 374 g/mol. The lowest BCUT2D eigenvalue weighted by molar-refractivity contribution is -0.129. The van der Waals surface area contributed by atoms with Crippen molar-refractivity contribution in [1.82, 2.24) is 9.62 Å². The number of carbonyl (C=O) groups excluding carboxylic acids is 1. The van der Waals surface area contributed by atoms with Crippen LogP contribution in [0.25, 0.3) is 0 Å². The van der Waals surface area contributed by atoms with Gasteiger partial charge in [-0.3, -0.25) is 14.1 Å². The molecule has 2 bridgehead atoms. The molecule has 2 unspecified atom stereocenters. The molecule has 0 radical (unpaired) electrons. The number of amidine groups is 1. The number of aliphatic imine (C=N–C) groups is 1. The Labute approximate surface area is 161 Å². The molecule has 154 valence electrons. The van der Waals surface area contributed by atoms with Crippen LogP contribution in [0.15, 0.2) is 4.99 Å². The summed E-state index contributed by atoms with van der Waals surface area (Å²) in [6, 6.07) is -0.737. The second-order valence-corrected chi connectivity index (χ2v) is 10.1. The number of hydrogen-bond donors (Lipinski definition) is 2. The number of amides is 1. The highest BCUT2D eigenvalue weighted by atomic mass is 32.2. The summed E-state index contributed by atoms with van der Waals surface area (Å²) >= 11 is -2.33. The van der Waals surface area contributed by atoms with Gasteiger partial charge in [0.15, 0.2) is 6.29 Å². The predicted octanol–water partition coefficient (Wildman–Crippen LogP) is 1.05. The second kappa shape index (κ2) is 6.21. The first-order valence-corrected chi connectivity index (χ1v) is 10.0. The molecule has 1 amide bonds. The summed E-state index contributed by atoms with van der Waals surface area (Å²) in [4.78, 5) is 19.2. The molecule has 4 rings (SSSR count). The van der Waals surface area contributed by atoms with Crippen molar-refractivity contribution in [2.75, 3.05) is 7.11 Å². The van der Waals surface area contributed by atoms with Crippen molar-refractivity contribution >= 4 is 23.2 Å². The highest BCUT2D eigenvalue weighted by molar-refractivity contribution is 7.77.